The molecule has 0 N–H and O–H groups in total. The molecule has 28 heavy (non-hydrogen) atoms. The van der Waals surface area contributed by atoms with E-state index in [-0.39, 0.29) is 35.6 Å². The smallest absolute Gasteiger partial charge is 0.320 e. The van der Waals surface area contributed by atoms with Gasteiger partial charge in [0.1, 0.15) is 11.5 Å². The number of likely N-dealkylation sites (tertiary alicyclic amines) is 2. The Kier molecular flexibility index (Phi) is 4.75. The van der Waals surface area contributed by atoms with E-state index in [4.69, 9.17) is 0 Å². The molecule has 1 aromatic heterocycles. The van der Waals surface area contributed by atoms with E-state index in [1.54, 1.807) is 54.4 Å². The summed E-state index contributed by atoms with van der Waals surface area (Å²) >= 11 is 0. The normalized spacial score (nSPS) is 23.6. The van der Waals surface area contributed by atoms with Gasteiger partial charge in [-0.2, -0.15) is 0 Å². The number of hydrogen-bond acceptors (Lipinski definition) is 3. The minimum atomic E-state index is -0.322. The van der Waals surface area contributed by atoms with Gasteiger partial charge in [0.2, 0.25) is 0 Å². The van der Waals surface area contributed by atoms with Crippen molar-refractivity contribution in [2.45, 2.75) is 6.04 Å². The summed E-state index contributed by atoms with van der Waals surface area (Å²) in [6.45, 7) is 1.65. The van der Waals surface area contributed by atoms with Crippen LogP contribution in [-0.4, -0.2) is 65.4 Å². The zero-order valence-corrected chi connectivity index (χ0v) is 16.0. The van der Waals surface area contributed by atoms with Crippen molar-refractivity contribution < 1.29 is 14.0 Å². The highest BCUT2D eigenvalue weighted by atomic mass is 19.1. The molecule has 2 saturated heterocycles. The Hall–Kier alpha value is -2.96. The van der Waals surface area contributed by atoms with E-state index in [2.05, 4.69) is 4.98 Å². The second-order valence-electron chi connectivity index (χ2n) is 7.68. The molecule has 146 valence electrons. The third kappa shape index (κ3) is 3.21. The topological polar surface area (TPSA) is 56.8 Å². The van der Waals surface area contributed by atoms with Crippen molar-refractivity contribution in [2.75, 3.05) is 33.7 Å². The number of amides is 3. The number of urea groups is 1. The summed E-state index contributed by atoms with van der Waals surface area (Å²) in [5, 5.41) is 0. The van der Waals surface area contributed by atoms with Gasteiger partial charge in [0.25, 0.3) is 5.91 Å². The molecule has 1 aromatic carbocycles. The predicted octanol–water partition coefficient (Wildman–Crippen LogP) is 2.65. The molecule has 6 nitrogen and oxygen atoms in total. The molecule has 2 aromatic rings. The fraction of sp³-hybridized carbons (Fsp3) is 0.381. The zero-order valence-electron chi connectivity index (χ0n) is 16.0. The lowest BCUT2D eigenvalue weighted by Crippen LogP contribution is -2.42. The highest BCUT2D eigenvalue weighted by Gasteiger charge is 2.50. The number of pyridine rings is 1. The monoisotopic (exact) mass is 382 g/mol. The van der Waals surface area contributed by atoms with Crippen LogP contribution < -0.4 is 0 Å². The number of nitrogens with zero attached hydrogens (tertiary/aromatic N) is 4. The van der Waals surface area contributed by atoms with E-state index < -0.39 is 0 Å². The molecule has 0 radical (unpaired) electrons. The van der Waals surface area contributed by atoms with Gasteiger partial charge in [0.15, 0.2) is 0 Å². The molecule has 0 aliphatic carbocycles. The fourth-order valence-electron chi connectivity index (χ4n) is 4.43. The first kappa shape index (κ1) is 18.4. The fourth-order valence-corrected chi connectivity index (χ4v) is 4.43. The third-order valence-corrected chi connectivity index (χ3v) is 5.65. The van der Waals surface area contributed by atoms with Crippen molar-refractivity contribution in [3.8, 4) is 0 Å². The molecule has 0 bridgehead atoms. The van der Waals surface area contributed by atoms with E-state index in [1.807, 2.05) is 11.0 Å². The lowest BCUT2D eigenvalue weighted by atomic mass is 9.89. The van der Waals surface area contributed by atoms with Gasteiger partial charge in [-0.3, -0.25) is 9.78 Å². The van der Waals surface area contributed by atoms with Crippen molar-refractivity contribution in [2.24, 2.45) is 11.8 Å². The first-order valence-corrected chi connectivity index (χ1v) is 9.39. The van der Waals surface area contributed by atoms with Crippen LogP contribution in [0.3, 0.4) is 0 Å². The quantitative estimate of drug-likeness (QED) is 0.802. The predicted molar refractivity (Wildman–Crippen MR) is 102 cm³/mol. The van der Waals surface area contributed by atoms with Crippen LogP contribution in [0.2, 0.25) is 0 Å². The van der Waals surface area contributed by atoms with Crippen LogP contribution in [0.4, 0.5) is 9.18 Å². The number of fused-ring (bicyclic) bond motifs is 1. The maximum absolute atomic E-state index is 13.9. The average Bonchev–Trinajstić information content (AvgIpc) is 3.25. The van der Waals surface area contributed by atoms with E-state index in [0.29, 0.717) is 25.3 Å². The molecule has 2 aliphatic heterocycles. The standard InChI is InChI=1S/C21H23FN4O2/c1-24(2)21(28)26-12-15-11-25(20(27)18-8-3-4-9-23-18)13-17(15)19(26)14-6-5-7-16(22)10-14/h3-10,15,17,19H,11-13H2,1-2H3/t15-,17-,19+/m1/s1. The molecule has 3 amide bonds. The summed E-state index contributed by atoms with van der Waals surface area (Å²) in [6, 6.07) is 11.4. The maximum Gasteiger partial charge on any atom is 0.320 e. The van der Waals surface area contributed by atoms with Gasteiger partial charge < -0.3 is 14.7 Å². The highest BCUT2D eigenvalue weighted by Crippen LogP contribution is 2.45. The molecule has 4 rings (SSSR count). The molecule has 2 aliphatic rings. The second kappa shape index (κ2) is 7.22. The molecule has 0 saturated carbocycles. The van der Waals surface area contributed by atoms with Gasteiger partial charge in [-0.25, -0.2) is 9.18 Å². The lowest BCUT2D eigenvalue weighted by Gasteiger charge is -2.31. The van der Waals surface area contributed by atoms with Gasteiger partial charge in [-0.15, -0.1) is 0 Å². The largest absolute Gasteiger partial charge is 0.337 e. The number of carbonyl (C=O) groups is 2. The molecular formula is C21H23FN4O2. The summed E-state index contributed by atoms with van der Waals surface area (Å²) in [5.41, 5.74) is 1.20. The Morgan fingerprint density at radius 2 is 1.93 bits per heavy atom. The van der Waals surface area contributed by atoms with Crippen molar-refractivity contribution in [1.82, 2.24) is 19.7 Å². The van der Waals surface area contributed by atoms with Gasteiger partial charge in [0, 0.05) is 51.8 Å². The number of carbonyl (C=O) groups excluding carboxylic acids is 2. The number of benzene rings is 1. The lowest BCUT2D eigenvalue weighted by molar-refractivity contribution is 0.0760. The Labute approximate surface area is 163 Å². The molecule has 3 heterocycles. The first-order valence-electron chi connectivity index (χ1n) is 9.39. The summed E-state index contributed by atoms with van der Waals surface area (Å²) < 4.78 is 13.9. The Morgan fingerprint density at radius 1 is 1.11 bits per heavy atom. The summed E-state index contributed by atoms with van der Waals surface area (Å²) in [5.74, 6) is -0.195. The summed E-state index contributed by atoms with van der Waals surface area (Å²) in [6.07, 6.45) is 1.61. The van der Waals surface area contributed by atoms with Gasteiger partial charge in [-0.1, -0.05) is 18.2 Å². The first-order chi connectivity index (χ1) is 13.5. The van der Waals surface area contributed by atoms with Crippen LogP contribution in [0.5, 0.6) is 0 Å². The van der Waals surface area contributed by atoms with Gasteiger partial charge >= 0.3 is 6.03 Å². The van der Waals surface area contributed by atoms with Crippen molar-refractivity contribution in [3.05, 3.63) is 65.7 Å². The maximum atomic E-state index is 13.9. The number of halogens is 1. The summed E-state index contributed by atoms with van der Waals surface area (Å²) in [7, 11) is 3.44. The van der Waals surface area contributed by atoms with E-state index in [1.165, 1.54) is 12.1 Å². The van der Waals surface area contributed by atoms with Crippen LogP contribution >= 0.6 is 0 Å². The van der Waals surface area contributed by atoms with Crippen LogP contribution in [-0.2, 0) is 0 Å². The Bertz CT molecular complexity index is 889. The van der Waals surface area contributed by atoms with Crippen LogP contribution in [0, 0.1) is 17.7 Å². The molecule has 3 atom stereocenters. The number of aromatic nitrogens is 1. The Balaban J connectivity index is 1.62. The minimum absolute atomic E-state index is 0.0679. The van der Waals surface area contributed by atoms with E-state index >= 15 is 0 Å². The molecule has 7 heteroatoms. The third-order valence-electron chi connectivity index (χ3n) is 5.65. The zero-order chi connectivity index (χ0) is 19.8. The number of rotatable bonds is 2. The molecular weight excluding hydrogens is 359 g/mol. The average molecular weight is 382 g/mol. The number of hydrogen-bond donors (Lipinski definition) is 0. The van der Waals surface area contributed by atoms with Crippen LogP contribution in [0.15, 0.2) is 48.7 Å². The van der Waals surface area contributed by atoms with Gasteiger partial charge in [-0.05, 0) is 29.8 Å². The molecule has 0 spiro atoms. The van der Waals surface area contributed by atoms with Crippen molar-refractivity contribution >= 4 is 11.9 Å². The van der Waals surface area contributed by atoms with Crippen LogP contribution in [0.25, 0.3) is 0 Å². The van der Waals surface area contributed by atoms with Gasteiger partial charge in [0.05, 0.1) is 6.04 Å². The SMILES string of the molecule is CN(C)C(=O)N1C[C@H]2CN(C(=O)c3ccccn3)C[C@H]2[C@@H]1c1cccc(F)c1. The highest BCUT2D eigenvalue weighted by molar-refractivity contribution is 5.92. The Morgan fingerprint density at radius 3 is 2.61 bits per heavy atom. The minimum Gasteiger partial charge on any atom is -0.337 e. The van der Waals surface area contributed by atoms with E-state index in [0.717, 1.165) is 5.56 Å². The summed E-state index contributed by atoms with van der Waals surface area (Å²) in [4.78, 5) is 34.9. The van der Waals surface area contributed by atoms with Crippen LogP contribution in [0.1, 0.15) is 22.1 Å². The second-order valence-corrected chi connectivity index (χ2v) is 7.68. The molecule has 2 fully saturated rings. The molecule has 0 unspecified atom stereocenters. The van der Waals surface area contributed by atoms with Crippen molar-refractivity contribution in [1.29, 1.82) is 0 Å². The van der Waals surface area contributed by atoms with E-state index in [9.17, 15) is 14.0 Å². The van der Waals surface area contributed by atoms with Crippen molar-refractivity contribution in [3.63, 3.8) is 0 Å².